The van der Waals surface area contributed by atoms with Gasteiger partial charge in [-0.3, -0.25) is 0 Å². The smallest absolute Gasteiger partial charge is 0.165 e. The molecule has 3 nitrogen and oxygen atoms in total. The molecule has 23 heavy (non-hydrogen) atoms. The molecular formula is C19H12ClN3. The normalized spacial score (nSPS) is 10.8. The molecule has 0 aliphatic carbocycles. The van der Waals surface area contributed by atoms with Crippen LogP contribution >= 0.6 is 11.6 Å². The molecule has 0 aliphatic heterocycles. The Kier molecular flexibility index (Phi) is 3.48. The molecule has 0 saturated heterocycles. The molecule has 2 heterocycles. The molecule has 0 amide bonds. The molecule has 0 fully saturated rings. The molecule has 0 saturated carbocycles. The van der Waals surface area contributed by atoms with Gasteiger partial charge in [0.1, 0.15) is 5.15 Å². The van der Waals surface area contributed by atoms with Gasteiger partial charge in [-0.25, -0.2) is 15.0 Å². The van der Waals surface area contributed by atoms with Crippen molar-refractivity contribution in [3.8, 4) is 22.6 Å². The quantitative estimate of drug-likeness (QED) is 0.488. The number of hydrogen-bond acceptors (Lipinski definition) is 3. The molecule has 0 radical (unpaired) electrons. The van der Waals surface area contributed by atoms with Crippen molar-refractivity contribution in [1.82, 2.24) is 15.0 Å². The van der Waals surface area contributed by atoms with E-state index in [0.29, 0.717) is 16.6 Å². The summed E-state index contributed by atoms with van der Waals surface area (Å²) in [4.78, 5) is 13.6. The van der Waals surface area contributed by atoms with Crippen molar-refractivity contribution in [1.29, 1.82) is 0 Å². The van der Waals surface area contributed by atoms with Crippen LogP contribution in [0.1, 0.15) is 0 Å². The van der Waals surface area contributed by atoms with E-state index in [1.54, 1.807) is 0 Å². The van der Waals surface area contributed by atoms with E-state index in [4.69, 9.17) is 11.6 Å². The van der Waals surface area contributed by atoms with Crippen molar-refractivity contribution in [2.75, 3.05) is 0 Å². The van der Waals surface area contributed by atoms with Crippen LogP contribution in [0.2, 0.25) is 5.15 Å². The highest BCUT2D eigenvalue weighted by atomic mass is 35.5. The zero-order valence-corrected chi connectivity index (χ0v) is 12.9. The lowest BCUT2D eigenvalue weighted by Crippen LogP contribution is -1.95. The number of nitrogens with zero attached hydrogens (tertiary/aromatic N) is 3. The van der Waals surface area contributed by atoms with Crippen LogP contribution in [0.25, 0.3) is 33.7 Å². The lowest BCUT2D eigenvalue weighted by Gasteiger charge is -2.06. The van der Waals surface area contributed by atoms with Crippen LogP contribution in [-0.4, -0.2) is 15.0 Å². The van der Waals surface area contributed by atoms with Crippen molar-refractivity contribution < 1.29 is 0 Å². The summed E-state index contributed by atoms with van der Waals surface area (Å²) in [7, 11) is 0. The number of benzene rings is 2. The number of pyridine rings is 1. The molecule has 4 rings (SSSR count). The summed E-state index contributed by atoms with van der Waals surface area (Å²) in [5, 5.41) is 1.17. The Morgan fingerprint density at radius 2 is 1.26 bits per heavy atom. The predicted molar refractivity (Wildman–Crippen MR) is 93.2 cm³/mol. The van der Waals surface area contributed by atoms with Crippen LogP contribution < -0.4 is 0 Å². The van der Waals surface area contributed by atoms with Gasteiger partial charge in [0, 0.05) is 11.1 Å². The summed E-state index contributed by atoms with van der Waals surface area (Å²) in [6.45, 7) is 0. The van der Waals surface area contributed by atoms with Gasteiger partial charge >= 0.3 is 0 Å². The van der Waals surface area contributed by atoms with E-state index < -0.39 is 0 Å². The second kappa shape index (κ2) is 5.78. The van der Waals surface area contributed by atoms with Crippen molar-refractivity contribution in [3.63, 3.8) is 0 Å². The molecule has 110 valence electrons. The first-order valence-electron chi connectivity index (χ1n) is 7.26. The average molecular weight is 318 g/mol. The van der Waals surface area contributed by atoms with E-state index in [0.717, 1.165) is 22.2 Å². The predicted octanol–water partition coefficient (Wildman–Crippen LogP) is 5.01. The fourth-order valence-electron chi connectivity index (χ4n) is 2.46. The number of hydrogen-bond donors (Lipinski definition) is 0. The molecule has 2 aromatic carbocycles. The fraction of sp³-hybridized carbons (Fsp3) is 0. The summed E-state index contributed by atoms with van der Waals surface area (Å²) in [5.74, 6) is 0.584. The first kappa shape index (κ1) is 13.9. The molecule has 2 aromatic heterocycles. The topological polar surface area (TPSA) is 38.7 Å². The Labute approximate surface area is 138 Å². The summed E-state index contributed by atoms with van der Waals surface area (Å²) < 4.78 is 0. The maximum atomic E-state index is 6.32. The van der Waals surface area contributed by atoms with Crippen molar-refractivity contribution in [2.45, 2.75) is 0 Å². The maximum Gasteiger partial charge on any atom is 0.165 e. The number of halogens is 1. The standard InChI is InChI=1S/C19H12ClN3/c20-17-15-11-12-16(13-7-3-1-4-8-13)21-19(15)23-18(22-17)14-9-5-2-6-10-14/h1-12H. The second-order valence-corrected chi connectivity index (χ2v) is 5.50. The zero-order valence-electron chi connectivity index (χ0n) is 12.1. The van der Waals surface area contributed by atoms with Gasteiger partial charge in [0.25, 0.3) is 0 Å². The summed E-state index contributed by atoms with van der Waals surface area (Å²) in [6, 6.07) is 23.6. The minimum atomic E-state index is 0.418. The van der Waals surface area contributed by atoms with Crippen LogP contribution in [0, 0.1) is 0 Å². The molecule has 0 aliphatic rings. The largest absolute Gasteiger partial charge is 0.228 e. The van der Waals surface area contributed by atoms with Crippen molar-refractivity contribution in [2.24, 2.45) is 0 Å². The molecule has 4 heteroatoms. The monoisotopic (exact) mass is 317 g/mol. The van der Waals surface area contributed by atoms with Crippen LogP contribution in [0.15, 0.2) is 72.8 Å². The van der Waals surface area contributed by atoms with E-state index >= 15 is 0 Å². The van der Waals surface area contributed by atoms with Crippen molar-refractivity contribution in [3.05, 3.63) is 77.9 Å². The Morgan fingerprint density at radius 1 is 0.609 bits per heavy atom. The van der Waals surface area contributed by atoms with Gasteiger partial charge in [-0.2, -0.15) is 0 Å². The Bertz CT molecular complexity index is 964. The number of fused-ring (bicyclic) bond motifs is 1. The van der Waals surface area contributed by atoms with Gasteiger partial charge in [-0.1, -0.05) is 72.3 Å². The first-order valence-corrected chi connectivity index (χ1v) is 7.64. The van der Waals surface area contributed by atoms with Gasteiger partial charge in [0.05, 0.1) is 11.1 Å². The Morgan fingerprint density at radius 3 is 1.96 bits per heavy atom. The molecule has 0 N–H and O–H groups in total. The van der Waals surface area contributed by atoms with E-state index in [-0.39, 0.29) is 0 Å². The minimum absolute atomic E-state index is 0.418. The second-order valence-electron chi connectivity index (χ2n) is 5.14. The first-order chi connectivity index (χ1) is 11.3. The lowest BCUT2D eigenvalue weighted by atomic mass is 10.1. The van der Waals surface area contributed by atoms with Crippen LogP contribution in [0.3, 0.4) is 0 Å². The molecule has 0 bridgehead atoms. The molecule has 4 aromatic rings. The average Bonchev–Trinajstić information content (AvgIpc) is 2.63. The van der Waals surface area contributed by atoms with Gasteiger partial charge in [0.15, 0.2) is 11.5 Å². The third-order valence-electron chi connectivity index (χ3n) is 3.61. The minimum Gasteiger partial charge on any atom is -0.228 e. The Balaban J connectivity index is 1.90. The molecule has 0 spiro atoms. The lowest BCUT2D eigenvalue weighted by molar-refractivity contribution is 1.19. The highest BCUT2D eigenvalue weighted by Crippen LogP contribution is 2.26. The van der Waals surface area contributed by atoms with E-state index in [9.17, 15) is 0 Å². The van der Waals surface area contributed by atoms with Gasteiger partial charge in [-0.15, -0.1) is 0 Å². The fourth-order valence-corrected chi connectivity index (χ4v) is 2.69. The third-order valence-corrected chi connectivity index (χ3v) is 3.90. The number of aromatic nitrogens is 3. The number of rotatable bonds is 2. The third kappa shape index (κ3) is 2.67. The molecule has 0 unspecified atom stereocenters. The summed E-state index contributed by atoms with van der Waals surface area (Å²) in [6.07, 6.45) is 0. The van der Waals surface area contributed by atoms with Gasteiger partial charge in [0.2, 0.25) is 0 Å². The van der Waals surface area contributed by atoms with E-state index in [2.05, 4.69) is 15.0 Å². The molecule has 0 atom stereocenters. The SMILES string of the molecule is Clc1nc(-c2ccccc2)nc2nc(-c3ccccc3)ccc12. The highest BCUT2D eigenvalue weighted by molar-refractivity contribution is 6.34. The van der Waals surface area contributed by atoms with Crippen LogP contribution in [-0.2, 0) is 0 Å². The summed E-state index contributed by atoms with van der Waals surface area (Å²) >= 11 is 6.32. The van der Waals surface area contributed by atoms with Crippen LogP contribution in [0.4, 0.5) is 0 Å². The highest BCUT2D eigenvalue weighted by Gasteiger charge is 2.10. The zero-order chi connectivity index (χ0) is 15.6. The van der Waals surface area contributed by atoms with Gasteiger partial charge in [-0.05, 0) is 12.1 Å². The van der Waals surface area contributed by atoms with E-state index in [1.165, 1.54) is 0 Å². The Hall–Kier alpha value is -2.78. The van der Waals surface area contributed by atoms with E-state index in [1.807, 2.05) is 72.8 Å². The molecular weight excluding hydrogens is 306 g/mol. The van der Waals surface area contributed by atoms with Crippen LogP contribution in [0.5, 0.6) is 0 Å². The summed E-state index contributed by atoms with van der Waals surface area (Å²) in [5.41, 5.74) is 3.44. The van der Waals surface area contributed by atoms with Crippen molar-refractivity contribution >= 4 is 22.6 Å². The maximum absolute atomic E-state index is 6.32. The van der Waals surface area contributed by atoms with Gasteiger partial charge < -0.3 is 0 Å².